The van der Waals surface area contributed by atoms with E-state index in [2.05, 4.69) is 10.4 Å². The van der Waals surface area contributed by atoms with Crippen LogP contribution in [0.1, 0.15) is 39.5 Å². The number of aromatic nitrogens is 4. The first kappa shape index (κ1) is 13.5. The Balaban J connectivity index is 2.30. The van der Waals surface area contributed by atoms with E-state index in [-0.39, 0.29) is 0 Å². The number of allylic oxidation sites excluding steroid dienone is 2. The number of rotatable bonds is 3. The summed E-state index contributed by atoms with van der Waals surface area (Å²) < 4.78 is 2.07. The van der Waals surface area contributed by atoms with Gasteiger partial charge in [-0.2, -0.15) is 4.68 Å². The molecule has 7 nitrogen and oxygen atoms in total. The fourth-order valence-electron chi connectivity index (χ4n) is 2.19. The van der Waals surface area contributed by atoms with Crippen LogP contribution >= 0.6 is 0 Å². The Morgan fingerprint density at radius 1 is 1.32 bits per heavy atom. The van der Waals surface area contributed by atoms with Crippen molar-refractivity contribution in [3.8, 4) is 0 Å². The topological polar surface area (TPSA) is 73.0 Å². The van der Waals surface area contributed by atoms with E-state index in [1.807, 2.05) is 19.9 Å². The molecule has 0 saturated carbocycles. The van der Waals surface area contributed by atoms with Crippen LogP contribution in [-0.2, 0) is 0 Å². The van der Waals surface area contributed by atoms with Gasteiger partial charge in [0.1, 0.15) is 0 Å². The molecule has 0 aromatic carbocycles. The second-order valence-corrected chi connectivity index (χ2v) is 4.48. The van der Waals surface area contributed by atoms with Crippen LogP contribution in [0.15, 0.2) is 10.9 Å². The van der Waals surface area contributed by atoms with Crippen LogP contribution in [-0.4, -0.2) is 43.8 Å². The molecule has 7 heteroatoms. The van der Waals surface area contributed by atoms with E-state index in [1.54, 1.807) is 0 Å². The van der Waals surface area contributed by atoms with E-state index in [0.717, 1.165) is 36.1 Å². The average molecular weight is 265 g/mol. The van der Waals surface area contributed by atoms with E-state index in [4.69, 9.17) is 0 Å². The van der Waals surface area contributed by atoms with Gasteiger partial charge in [-0.1, -0.05) is 6.08 Å². The van der Waals surface area contributed by atoms with Crippen molar-refractivity contribution in [3.63, 3.8) is 0 Å². The molecule has 0 spiro atoms. The van der Waals surface area contributed by atoms with Crippen LogP contribution in [0.2, 0.25) is 0 Å². The molecule has 0 aliphatic heterocycles. The Bertz CT molecular complexity index is 539. The molecular formula is C12H19N5O2. The Morgan fingerprint density at radius 3 is 2.63 bits per heavy atom. The van der Waals surface area contributed by atoms with Crippen molar-refractivity contribution < 1.29 is 4.79 Å². The third-order valence-electron chi connectivity index (χ3n) is 3.34. The number of tetrazole rings is 1. The minimum Gasteiger partial charge on any atom is -0.323 e. The predicted octanol–water partition coefficient (Wildman–Crippen LogP) is 1.16. The lowest BCUT2D eigenvalue weighted by Gasteiger charge is -2.16. The van der Waals surface area contributed by atoms with Gasteiger partial charge in [-0.15, -0.1) is 4.68 Å². The van der Waals surface area contributed by atoms with Gasteiger partial charge in [-0.3, -0.25) is 0 Å². The molecule has 1 aromatic heterocycles. The van der Waals surface area contributed by atoms with Crippen LogP contribution in [0.4, 0.5) is 4.79 Å². The molecule has 1 aliphatic carbocycles. The third kappa shape index (κ3) is 2.59. The fraction of sp³-hybridized carbons (Fsp3) is 0.667. The van der Waals surface area contributed by atoms with Gasteiger partial charge in [-0.25, -0.2) is 9.59 Å². The predicted molar refractivity (Wildman–Crippen MR) is 70.7 cm³/mol. The van der Waals surface area contributed by atoms with Crippen LogP contribution in [0.5, 0.6) is 0 Å². The average Bonchev–Trinajstić information content (AvgIpc) is 2.83. The SMILES string of the molecule is CCN(CC)C(=O)n1nnn(C2=CCCCC2)c1=O. The van der Waals surface area contributed by atoms with Crippen molar-refractivity contribution in [2.45, 2.75) is 39.5 Å². The van der Waals surface area contributed by atoms with Gasteiger partial charge < -0.3 is 4.90 Å². The zero-order valence-electron chi connectivity index (χ0n) is 11.4. The number of hydrogen-bond donors (Lipinski definition) is 0. The zero-order valence-corrected chi connectivity index (χ0v) is 11.4. The number of amides is 1. The summed E-state index contributed by atoms with van der Waals surface area (Å²) in [7, 11) is 0. The summed E-state index contributed by atoms with van der Waals surface area (Å²) in [6, 6.07) is -0.419. The van der Waals surface area contributed by atoms with E-state index in [0.29, 0.717) is 13.1 Å². The van der Waals surface area contributed by atoms with Crippen LogP contribution < -0.4 is 5.69 Å². The quantitative estimate of drug-likeness (QED) is 0.769. The lowest BCUT2D eigenvalue weighted by Crippen LogP contribution is -2.40. The number of carbonyl (C=O) groups is 1. The first-order valence-corrected chi connectivity index (χ1v) is 6.72. The molecule has 1 amide bonds. The van der Waals surface area contributed by atoms with Crippen molar-refractivity contribution >= 4 is 11.7 Å². The van der Waals surface area contributed by atoms with Gasteiger partial charge >= 0.3 is 11.7 Å². The first-order valence-electron chi connectivity index (χ1n) is 6.72. The second kappa shape index (κ2) is 5.81. The molecule has 19 heavy (non-hydrogen) atoms. The van der Waals surface area contributed by atoms with Crippen molar-refractivity contribution in [3.05, 3.63) is 16.6 Å². The van der Waals surface area contributed by atoms with Gasteiger partial charge in [0.15, 0.2) is 0 Å². The molecule has 104 valence electrons. The number of hydrogen-bond acceptors (Lipinski definition) is 4. The van der Waals surface area contributed by atoms with Gasteiger partial charge in [-0.05, 0) is 50.0 Å². The number of nitrogens with zero attached hydrogens (tertiary/aromatic N) is 5. The molecule has 0 atom stereocenters. The van der Waals surface area contributed by atoms with Crippen LogP contribution in [0, 0.1) is 0 Å². The maximum absolute atomic E-state index is 12.2. The van der Waals surface area contributed by atoms with Gasteiger partial charge in [0, 0.05) is 18.8 Å². The summed E-state index contributed by atoms with van der Waals surface area (Å²) >= 11 is 0. The monoisotopic (exact) mass is 265 g/mol. The summed E-state index contributed by atoms with van der Waals surface area (Å²) in [5.74, 6) is 0. The zero-order chi connectivity index (χ0) is 13.8. The molecule has 0 bridgehead atoms. The van der Waals surface area contributed by atoms with Crippen LogP contribution in [0.25, 0.3) is 5.70 Å². The highest BCUT2D eigenvalue weighted by molar-refractivity contribution is 5.75. The minimum absolute atomic E-state index is 0.419. The molecule has 0 unspecified atom stereocenters. The summed E-state index contributed by atoms with van der Waals surface area (Å²) in [5.41, 5.74) is 0.361. The normalized spacial score (nSPS) is 15.2. The highest BCUT2D eigenvalue weighted by atomic mass is 16.2. The van der Waals surface area contributed by atoms with E-state index in [1.165, 1.54) is 9.58 Å². The largest absolute Gasteiger partial charge is 0.377 e. The van der Waals surface area contributed by atoms with E-state index < -0.39 is 11.7 Å². The van der Waals surface area contributed by atoms with Gasteiger partial charge in [0.2, 0.25) is 0 Å². The second-order valence-electron chi connectivity index (χ2n) is 4.48. The standard InChI is InChI=1S/C12H19N5O2/c1-3-15(4-2)11(18)17-12(19)16(13-14-17)10-8-6-5-7-9-10/h8H,3-7,9H2,1-2H3. The highest BCUT2D eigenvalue weighted by Gasteiger charge is 2.20. The molecule has 0 saturated heterocycles. The molecular weight excluding hydrogens is 246 g/mol. The molecule has 0 fully saturated rings. The molecule has 0 radical (unpaired) electrons. The van der Waals surface area contributed by atoms with Gasteiger partial charge in [0.25, 0.3) is 0 Å². The van der Waals surface area contributed by atoms with Crippen molar-refractivity contribution in [1.29, 1.82) is 0 Å². The lowest BCUT2D eigenvalue weighted by molar-refractivity contribution is 0.200. The number of carbonyl (C=O) groups excluding carboxylic acids is 1. The lowest BCUT2D eigenvalue weighted by atomic mass is 10.1. The molecule has 1 aliphatic rings. The first-order chi connectivity index (χ1) is 9.19. The fourth-order valence-corrected chi connectivity index (χ4v) is 2.19. The van der Waals surface area contributed by atoms with Crippen molar-refractivity contribution in [1.82, 2.24) is 24.7 Å². The molecule has 1 heterocycles. The maximum atomic E-state index is 12.2. The molecule has 2 rings (SSSR count). The van der Waals surface area contributed by atoms with Gasteiger partial charge in [0.05, 0.1) is 0 Å². The van der Waals surface area contributed by atoms with Crippen molar-refractivity contribution in [2.75, 3.05) is 13.1 Å². The van der Waals surface area contributed by atoms with E-state index >= 15 is 0 Å². The Kier molecular flexibility index (Phi) is 4.13. The minimum atomic E-state index is -0.481. The summed E-state index contributed by atoms with van der Waals surface area (Å²) in [5, 5.41) is 7.51. The third-order valence-corrected chi connectivity index (χ3v) is 3.34. The smallest absolute Gasteiger partial charge is 0.323 e. The Hall–Kier alpha value is -1.92. The van der Waals surface area contributed by atoms with Crippen molar-refractivity contribution in [2.24, 2.45) is 0 Å². The highest BCUT2D eigenvalue weighted by Crippen LogP contribution is 2.18. The van der Waals surface area contributed by atoms with E-state index in [9.17, 15) is 9.59 Å². The molecule has 0 N–H and O–H groups in total. The summed E-state index contributed by atoms with van der Waals surface area (Å²) in [6.45, 7) is 4.80. The molecule has 1 aromatic rings. The summed E-state index contributed by atoms with van der Waals surface area (Å²) in [6.07, 6.45) is 5.91. The summed E-state index contributed by atoms with van der Waals surface area (Å²) in [4.78, 5) is 25.8. The maximum Gasteiger partial charge on any atom is 0.377 e. The Morgan fingerprint density at radius 2 is 2.05 bits per heavy atom. The van der Waals surface area contributed by atoms with Crippen LogP contribution in [0.3, 0.4) is 0 Å². The Labute approximate surface area is 111 Å².